The molecule has 5 heteroatoms. The average Bonchev–Trinajstić information content (AvgIpc) is 3.37. The number of carbonyl (C=O) groups excluding carboxylic acids is 2. The van der Waals surface area contributed by atoms with Crippen LogP contribution >= 0.6 is 0 Å². The van der Waals surface area contributed by atoms with E-state index < -0.39 is 17.3 Å². The molecular weight excluding hydrogens is 390 g/mol. The zero-order chi connectivity index (χ0) is 20.9. The minimum absolute atomic E-state index is 0.116. The number of nitrogens with zero attached hydrogens (tertiary/aromatic N) is 1. The fraction of sp³-hybridized carbons (Fsp3) is 0.231. The monoisotopic (exact) mass is 409 g/mol. The maximum absolute atomic E-state index is 13.9. The molecule has 5 aliphatic rings. The first-order valence-corrected chi connectivity index (χ1v) is 10.6. The number of carbonyl (C=O) groups is 2. The van der Waals surface area contributed by atoms with Crippen LogP contribution in [0.5, 0.6) is 11.5 Å². The summed E-state index contributed by atoms with van der Waals surface area (Å²) >= 11 is 0. The van der Waals surface area contributed by atoms with Gasteiger partial charge in [0.1, 0.15) is 0 Å². The summed E-state index contributed by atoms with van der Waals surface area (Å²) < 4.78 is 10.9. The third-order valence-electron chi connectivity index (χ3n) is 7.66. The Labute approximate surface area is 179 Å². The second-order valence-electron chi connectivity index (χ2n) is 8.91. The normalized spacial score (nSPS) is 29.1. The SMILES string of the molecule is CC12c3ccccc3C(c3ccccc31)[C@@H]1C(=O)N(c3ccc4c(c3)OCO4)C(=O)[C@@H]12. The second-order valence-corrected chi connectivity index (χ2v) is 8.91. The van der Waals surface area contributed by atoms with Crippen molar-refractivity contribution in [2.75, 3.05) is 11.7 Å². The summed E-state index contributed by atoms with van der Waals surface area (Å²) in [5.41, 5.74) is 4.65. The number of amides is 2. The molecular formula is C26H19NO4. The van der Waals surface area contributed by atoms with Crippen LogP contribution in [0.15, 0.2) is 66.7 Å². The molecule has 2 amide bonds. The first-order chi connectivity index (χ1) is 15.1. The van der Waals surface area contributed by atoms with Gasteiger partial charge in [-0.3, -0.25) is 9.59 Å². The van der Waals surface area contributed by atoms with Crippen molar-refractivity contribution in [1.29, 1.82) is 0 Å². The summed E-state index contributed by atoms with van der Waals surface area (Å²) in [6.07, 6.45) is 0. The third kappa shape index (κ3) is 1.88. The number of rotatable bonds is 1. The van der Waals surface area contributed by atoms with E-state index in [0.29, 0.717) is 17.2 Å². The lowest BCUT2D eigenvalue weighted by atomic mass is 9.48. The Morgan fingerprint density at radius 3 is 2.19 bits per heavy atom. The molecule has 3 aromatic rings. The quantitative estimate of drug-likeness (QED) is 0.571. The van der Waals surface area contributed by atoms with Crippen LogP contribution in [-0.4, -0.2) is 18.6 Å². The molecule has 31 heavy (non-hydrogen) atoms. The van der Waals surface area contributed by atoms with Crippen molar-refractivity contribution < 1.29 is 19.1 Å². The molecule has 2 atom stereocenters. The Morgan fingerprint density at radius 2 is 1.48 bits per heavy atom. The van der Waals surface area contributed by atoms with Crippen LogP contribution in [0.2, 0.25) is 0 Å². The van der Waals surface area contributed by atoms with Gasteiger partial charge in [0.25, 0.3) is 0 Å². The van der Waals surface area contributed by atoms with Crippen LogP contribution in [0.4, 0.5) is 5.69 Å². The molecule has 3 aliphatic carbocycles. The lowest BCUT2D eigenvalue weighted by Gasteiger charge is -2.52. The fourth-order valence-corrected chi connectivity index (χ4v) is 6.43. The molecule has 5 nitrogen and oxygen atoms in total. The largest absolute Gasteiger partial charge is 0.454 e. The molecule has 0 unspecified atom stereocenters. The van der Waals surface area contributed by atoms with Gasteiger partial charge in [-0.25, -0.2) is 4.90 Å². The molecule has 1 saturated heterocycles. The zero-order valence-corrected chi connectivity index (χ0v) is 16.9. The van der Waals surface area contributed by atoms with Crippen LogP contribution < -0.4 is 14.4 Å². The molecule has 8 rings (SSSR count). The summed E-state index contributed by atoms with van der Waals surface area (Å²) in [6.45, 7) is 2.28. The predicted molar refractivity (Wildman–Crippen MR) is 113 cm³/mol. The Bertz CT molecular complexity index is 1260. The van der Waals surface area contributed by atoms with Crippen molar-refractivity contribution in [2.24, 2.45) is 11.8 Å². The van der Waals surface area contributed by atoms with E-state index in [1.165, 1.54) is 16.0 Å². The van der Waals surface area contributed by atoms with Gasteiger partial charge in [0.15, 0.2) is 11.5 Å². The zero-order valence-electron chi connectivity index (χ0n) is 16.9. The van der Waals surface area contributed by atoms with Crippen LogP contribution in [0.25, 0.3) is 0 Å². The van der Waals surface area contributed by atoms with Gasteiger partial charge >= 0.3 is 0 Å². The highest BCUT2D eigenvalue weighted by molar-refractivity contribution is 6.23. The van der Waals surface area contributed by atoms with Crippen molar-refractivity contribution in [3.8, 4) is 11.5 Å². The highest BCUT2D eigenvalue weighted by Gasteiger charge is 2.66. The lowest BCUT2D eigenvalue weighted by Crippen LogP contribution is -2.51. The van der Waals surface area contributed by atoms with E-state index in [2.05, 4.69) is 31.2 Å². The summed E-state index contributed by atoms with van der Waals surface area (Å²) in [4.78, 5) is 29.1. The number of ether oxygens (including phenoxy) is 2. The van der Waals surface area contributed by atoms with Gasteiger partial charge in [-0.05, 0) is 34.4 Å². The molecule has 2 heterocycles. The van der Waals surface area contributed by atoms with Gasteiger partial charge < -0.3 is 9.47 Å². The Kier molecular flexibility index (Phi) is 3.06. The molecule has 3 aromatic carbocycles. The highest BCUT2D eigenvalue weighted by atomic mass is 16.7. The first-order valence-electron chi connectivity index (χ1n) is 10.6. The first kappa shape index (κ1) is 17.1. The Morgan fingerprint density at radius 1 is 0.839 bits per heavy atom. The van der Waals surface area contributed by atoms with Gasteiger partial charge in [0.05, 0.1) is 17.5 Å². The van der Waals surface area contributed by atoms with Crippen LogP contribution in [0.3, 0.4) is 0 Å². The van der Waals surface area contributed by atoms with Crippen LogP contribution in [-0.2, 0) is 15.0 Å². The summed E-state index contributed by atoms with van der Waals surface area (Å²) in [5, 5.41) is 0. The summed E-state index contributed by atoms with van der Waals surface area (Å²) in [6, 6.07) is 21.8. The molecule has 0 N–H and O–H groups in total. The Hall–Kier alpha value is -3.60. The predicted octanol–water partition coefficient (Wildman–Crippen LogP) is 3.99. The number of benzene rings is 3. The van der Waals surface area contributed by atoms with E-state index in [-0.39, 0.29) is 24.5 Å². The molecule has 0 radical (unpaired) electrons. The van der Waals surface area contributed by atoms with Crippen molar-refractivity contribution in [3.05, 3.63) is 89.0 Å². The van der Waals surface area contributed by atoms with Crippen molar-refractivity contribution >= 4 is 17.5 Å². The molecule has 2 aliphatic heterocycles. The minimum Gasteiger partial charge on any atom is -0.454 e. The third-order valence-corrected chi connectivity index (χ3v) is 7.66. The smallest absolute Gasteiger partial charge is 0.238 e. The highest BCUT2D eigenvalue weighted by Crippen LogP contribution is 2.64. The molecule has 1 fully saturated rings. The topological polar surface area (TPSA) is 55.8 Å². The minimum atomic E-state index is -0.551. The maximum Gasteiger partial charge on any atom is 0.238 e. The molecule has 0 saturated carbocycles. The lowest BCUT2D eigenvalue weighted by molar-refractivity contribution is -0.123. The summed E-state index contributed by atoms with van der Waals surface area (Å²) in [7, 11) is 0. The van der Waals surface area contributed by atoms with Gasteiger partial charge in [-0.1, -0.05) is 55.5 Å². The van der Waals surface area contributed by atoms with E-state index in [9.17, 15) is 9.59 Å². The second kappa shape index (κ2) is 5.55. The van der Waals surface area contributed by atoms with Crippen LogP contribution in [0.1, 0.15) is 35.1 Å². The standard InChI is InChI=1S/C26H19NO4/c1-26-17-8-4-2-6-15(17)21(16-7-3-5-9-18(16)26)22-23(26)25(29)27(24(22)28)14-10-11-19-20(12-14)31-13-30-19/h2-12,21-23H,13H2,1H3/t21?,22-,23+,26?/m0/s1. The van der Waals surface area contributed by atoms with Crippen molar-refractivity contribution in [1.82, 2.24) is 0 Å². The fourth-order valence-electron chi connectivity index (χ4n) is 6.43. The number of fused-ring (bicyclic) bond motifs is 1. The number of imide groups is 1. The van der Waals surface area contributed by atoms with Crippen LogP contribution in [0, 0.1) is 11.8 Å². The van der Waals surface area contributed by atoms with E-state index in [1.807, 2.05) is 24.3 Å². The summed E-state index contributed by atoms with van der Waals surface area (Å²) in [5.74, 6) is -0.0251. The Balaban J connectivity index is 1.45. The van der Waals surface area contributed by atoms with Crippen molar-refractivity contribution in [2.45, 2.75) is 18.3 Å². The number of hydrogen-bond donors (Lipinski definition) is 0. The molecule has 0 aromatic heterocycles. The van der Waals surface area contributed by atoms with E-state index >= 15 is 0 Å². The number of hydrogen-bond acceptors (Lipinski definition) is 4. The van der Waals surface area contributed by atoms with Crippen molar-refractivity contribution in [3.63, 3.8) is 0 Å². The van der Waals surface area contributed by atoms with Gasteiger partial charge in [0.2, 0.25) is 18.6 Å². The van der Waals surface area contributed by atoms with Gasteiger partial charge in [0, 0.05) is 17.4 Å². The van der Waals surface area contributed by atoms with E-state index in [0.717, 1.165) is 11.1 Å². The van der Waals surface area contributed by atoms with Gasteiger partial charge in [-0.15, -0.1) is 0 Å². The molecule has 152 valence electrons. The maximum atomic E-state index is 13.9. The van der Waals surface area contributed by atoms with E-state index in [4.69, 9.17) is 9.47 Å². The average molecular weight is 409 g/mol. The van der Waals surface area contributed by atoms with E-state index in [1.54, 1.807) is 18.2 Å². The molecule has 2 bridgehead atoms. The number of anilines is 1. The van der Waals surface area contributed by atoms with Gasteiger partial charge in [-0.2, -0.15) is 0 Å². The molecule has 0 spiro atoms.